The molecular weight excluding hydrogens is 192 g/mol. The van der Waals surface area contributed by atoms with Gasteiger partial charge >= 0.3 is 0 Å². The van der Waals surface area contributed by atoms with Gasteiger partial charge in [0.1, 0.15) is 0 Å². The highest BCUT2D eigenvalue weighted by Crippen LogP contribution is 2.34. The third kappa shape index (κ3) is 2.16. The van der Waals surface area contributed by atoms with Crippen molar-refractivity contribution in [2.24, 2.45) is 5.73 Å². The van der Waals surface area contributed by atoms with Crippen LogP contribution in [0.5, 0.6) is 0 Å². The van der Waals surface area contributed by atoms with Crippen LogP contribution < -0.4 is 5.73 Å². The van der Waals surface area contributed by atoms with Crippen LogP contribution >= 0.6 is 0 Å². The van der Waals surface area contributed by atoms with Gasteiger partial charge in [-0.15, -0.1) is 0 Å². The Hall–Kier alpha value is -0.610. The number of nitrogens with zero attached hydrogens (tertiary/aromatic N) is 1. The molecule has 2 aliphatic heterocycles. The lowest BCUT2D eigenvalue weighted by molar-refractivity contribution is -0.133. The minimum Gasteiger partial charge on any atom is -0.373 e. The Kier molecular flexibility index (Phi) is 2.98. The van der Waals surface area contributed by atoms with Crippen molar-refractivity contribution in [3.05, 3.63) is 0 Å². The van der Waals surface area contributed by atoms with Gasteiger partial charge in [0.15, 0.2) is 0 Å². The molecule has 15 heavy (non-hydrogen) atoms. The molecule has 0 aromatic rings. The number of carbonyl (C=O) groups is 1. The summed E-state index contributed by atoms with van der Waals surface area (Å²) in [7, 11) is 0. The summed E-state index contributed by atoms with van der Waals surface area (Å²) in [6.45, 7) is 4.14. The molecule has 0 aromatic carbocycles. The molecule has 0 radical (unpaired) electrons. The smallest absolute Gasteiger partial charge is 0.239 e. The van der Waals surface area contributed by atoms with Crippen molar-refractivity contribution in [3.63, 3.8) is 0 Å². The number of hydrogen-bond donors (Lipinski definition) is 1. The van der Waals surface area contributed by atoms with E-state index in [1.807, 2.05) is 4.90 Å². The van der Waals surface area contributed by atoms with Gasteiger partial charge in [0.25, 0.3) is 0 Å². The maximum absolute atomic E-state index is 11.7. The largest absolute Gasteiger partial charge is 0.373 e. The Labute approximate surface area is 90.8 Å². The quantitative estimate of drug-likeness (QED) is 0.689. The topological polar surface area (TPSA) is 55.6 Å². The zero-order chi connectivity index (χ0) is 10.9. The molecule has 1 spiro atoms. The van der Waals surface area contributed by atoms with Gasteiger partial charge in [-0.2, -0.15) is 0 Å². The molecule has 2 atom stereocenters. The SMILES string of the molecule is C[C@H](N)C(=O)N1CC[C@@]2(CCCCO2)C1. The number of likely N-dealkylation sites (tertiary alicyclic amines) is 1. The molecule has 1 amide bonds. The van der Waals surface area contributed by atoms with E-state index in [4.69, 9.17) is 10.5 Å². The summed E-state index contributed by atoms with van der Waals surface area (Å²) >= 11 is 0. The minimum absolute atomic E-state index is 0.0389. The van der Waals surface area contributed by atoms with Crippen LogP contribution in [-0.4, -0.2) is 42.1 Å². The Morgan fingerprint density at radius 2 is 2.27 bits per heavy atom. The number of nitrogens with two attached hydrogens (primary N) is 1. The number of rotatable bonds is 1. The molecule has 0 aliphatic carbocycles. The van der Waals surface area contributed by atoms with E-state index in [0.29, 0.717) is 0 Å². The third-order valence-corrected chi connectivity index (χ3v) is 3.45. The standard InChI is InChI=1S/C11H20N2O2/c1-9(12)10(14)13-6-5-11(8-13)4-2-3-7-15-11/h9H,2-8,12H2,1H3/t9-,11-/m0/s1. The fourth-order valence-electron chi connectivity index (χ4n) is 2.55. The molecule has 2 fully saturated rings. The lowest BCUT2D eigenvalue weighted by atomic mass is 9.93. The summed E-state index contributed by atoms with van der Waals surface area (Å²) in [5, 5.41) is 0. The van der Waals surface area contributed by atoms with Crippen molar-refractivity contribution in [2.45, 2.75) is 44.2 Å². The van der Waals surface area contributed by atoms with Crippen molar-refractivity contribution in [2.75, 3.05) is 19.7 Å². The monoisotopic (exact) mass is 212 g/mol. The molecule has 4 nitrogen and oxygen atoms in total. The van der Waals surface area contributed by atoms with Crippen LogP contribution in [-0.2, 0) is 9.53 Å². The molecule has 4 heteroatoms. The molecule has 0 unspecified atom stereocenters. The average molecular weight is 212 g/mol. The molecule has 0 saturated carbocycles. The van der Waals surface area contributed by atoms with E-state index in [1.54, 1.807) is 6.92 Å². The van der Waals surface area contributed by atoms with Gasteiger partial charge in [-0.1, -0.05) is 0 Å². The Morgan fingerprint density at radius 3 is 2.87 bits per heavy atom. The molecule has 0 aromatic heterocycles. The number of amides is 1. The van der Waals surface area contributed by atoms with Crippen LogP contribution in [0.1, 0.15) is 32.6 Å². The molecule has 86 valence electrons. The van der Waals surface area contributed by atoms with E-state index < -0.39 is 0 Å². The molecule has 2 rings (SSSR count). The van der Waals surface area contributed by atoms with E-state index >= 15 is 0 Å². The molecule has 2 aliphatic rings. The van der Waals surface area contributed by atoms with Crippen molar-refractivity contribution in [3.8, 4) is 0 Å². The summed E-state index contributed by atoms with van der Waals surface area (Å²) in [4.78, 5) is 13.6. The highest BCUT2D eigenvalue weighted by molar-refractivity contribution is 5.81. The van der Waals surface area contributed by atoms with Crippen LogP contribution in [0, 0.1) is 0 Å². The van der Waals surface area contributed by atoms with Gasteiger partial charge in [-0.05, 0) is 32.6 Å². The highest BCUT2D eigenvalue weighted by atomic mass is 16.5. The lowest BCUT2D eigenvalue weighted by Crippen LogP contribution is -2.45. The summed E-state index contributed by atoms with van der Waals surface area (Å²) in [6.07, 6.45) is 4.45. The second kappa shape index (κ2) is 4.10. The summed E-state index contributed by atoms with van der Waals surface area (Å²) in [5.74, 6) is 0.0565. The number of ether oxygens (including phenoxy) is 1. The Morgan fingerprint density at radius 1 is 1.47 bits per heavy atom. The predicted octanol–water partition coefficient (Wildman–Crippen LogP) is 0.505. The second-order valence-corrected chi connectivity index (χ2v) is 4.79. The maximum Gasteiger partial charge on any atom is 0.239 e. The fraction of sp³-hybridized carbons (Fsp3) is 0.909. The first-order chi connectivity index (χ1) is 7.13. The first kappa shape index (κ1) is 10.9. The lowest BCUT2D eigenvalue weighted by Gasteiger charge is -2.33. The van der Waals surface area contributed by atoms with Crippen LogP contribution in [0.3, 0.4) is 0 Å². The third-order valence-electron chi connectivity index (χ3n) is 3.45. The van der Waals surface area contributed by atoms with E-state index in [9.17, 15) is 4.79 Å². The second-order valence-electron chi connectivity index (χ2n) is 4.79. The summed E-state index contributed by atoms with van der Waals surface area (Å²) in [5.41, 5.74) is 5.56. The van der Waals surface area contributed by atoms with E-state index in [0.717, 1.165) is 39.0 Å². The van der Waals surface area contributed by atoms with E-state index in [-0.39, 0.29) is 17.6 Å². The summed E-state index contributed by atoms with van der Waals surface area (Å²) in [6, 6.07) is -0.385. The Balaban J connectivity index is 1.96. The van der Waals surface area contributed by atoms with Crippen LogP contribution in [0.15, 0.2) is 0 Å². The van der Waals surface area contributed by atoms with Gasteiger partial charge in [0.05, 0.1) is 11.6 Å². The van der Waals surface area contributed by atoms with E-state index in [1.165, 1.54) is 6.42 Å². The van der Waals surface area contributed by atoms with Crippen molar-refractivity contribution in [1.29, 1.82) is 0 Å². The normalized spacial score (nSPS) is 33.3. The van der Waals surface area contributed by atoms with Crippen molar-refractivity contribution < 1.29 is 9.53 Å². The zero-order valence-corrected chi connectivity index (χ0v) is 9.37. The Bertz CT molecular complexity index is 247. The van der Waals surface area contributed by atoms with Crippen molar-refractivity contribution in [1.82, 2.24) is 4.90 Å². The van der Waals surface area contributed by atoms with Crippen LogP contribution in [0.2, 0.25) is 0 Å². The predicted molar refractivity (Wildman–Crippen MR) is 57.4 cm³/mol. The zero-order valence-electron chi connectivity index (χ0n) is 9.37. The number of hydrogen-bond acceptors (Lipinski definition) is 3. The van der Waals surface area contributed by atoms with Gasteiger partial charge in [0, 0.05) is 19.7 Å². The van der Waals surface area contributed by atoms with Crippen LogP contribution in [0.25, 0.3) is 0 Å². The van der Waals surface area contributed by atoms with Gasteiger partial charge in [0.2, 0.25) is 5.91 Å². The first-order valence-electron chi connectivity index (χ1n) is 5.81. The summed E-state index contributed by atoms with van der Waals surface area (Å²) < 4.78 is 5.85. The molecule has 0 bridgehead atoms. The average Bonchev–Trinajstić information content (AvgIpc) is 2.62. The molecular formula is C11H20N2O2. The fourth-order valence-corrected chi connectivity index (χ4v) is 2.55. The molecule has 2 saturated heterocycles. The van der Waals surface area contributed by atoms with Gasteiger partial charge < -0.3 is 15.4 Å². The first-order valence-corrected chi connectivity index (χ1v) is 5.81. The maximum atomic E-state index is 11.7. The molecule has 2 N–H and O–H groups in total. The number of carbonyl (C=O) groups excluding carboxylic acids is 1. The minimum atomic E-state index is -0.385. The highest BCUT2D eigenvalue weighted by Gasteiger charge is 2.42. The molecule has 2 heterocycles. The van der Waals surface area contributed by atoms with Gasteiger partial charge in [-0.3, -0.25) is 4.79 Å². The van der Waals surface area contributed by atoms with E-state index in [2.05, 4.69) is 0 Å². The van der Waals surface area contributed by atoms with Crippen LogP contribution in [0.4, 0.5) is 0 Å². The van der Waals surface area contributed by atoms with Gasteiger partial charge in [-0.25, -0.2) is 0 Å². The van der Waals surface area contributed by atoms with Crippen molar-refractivity contribution >= 4 is 5.91 Å².